The number of anilines is 1. The van der Waals surface area contributed by atoms with Crippen LogP contribution in [0.2, 0.25) is 0 Å². The molecule has 1 amide bonds. The molecular formula is C26H38N4O. The van der Waals surface area contributed by atoms with Crippen LogP contribution in [0.25, 0.3) is 0 Å². The fourth-order valence-electron chi connectivity index (χ4n) is 4.19. The van der Waals surface area contributed by atoms with Gasteiger partial charge in [0, 0.05) is 62.6 Å². The van der Waals surface area contributed by atoms with E-state index in [0.717, 1.165) is 44.8 Å². The van der Waals surface area contributed by atoms with Crippen LogP contribution in [0.15, 0.2) is 54.6 Å². The first-order valence-corrected chi connectivity index (χ1v) is 11.6. The maximum Gasteiger partial charge on any atom is 0.251 e. The van der Waals surface area contributed by atoms with Crippen LogP contribution in [0.1, 0.15) is 43.6 Å². The van der Waals surface area contributed by atoms with E-state index in [1.807, 2.05) is 12.1 Å². The predicted molar refractivity (Wildman–Crippen MR) is 130 cm³/mol. The van der Waals surface area contributed by atoms with Gasteiger partial charge in [-0.25, -0.2) is 0 Å². The lowest BCUT2D eigenvalue weighted by Crippen LogP contribution is -2.52. The minimum atomic E-state index is 0.0116. The first-order chi connectivity index (χ1) is 15.0. The molecule has 1 heterocycles. The second-order valence-electron chi connectivity index (χ2n) is 8.77. The lowest BCUT2D eigenvalue weighted by atomic mass is 10.1. The summed E-state index contributed by atoms with van der Waals surface area (Å²) in [6, 6.07) is 19.5. The Morgan fingerprint density at radius 3 is 2.19 bits per heavy atom. The number of para-hydroxylation sites is 1. The molecule has 1 fully saturated rings. The lowest BCUT2D eigenvalue weighted by molar-refractivity contribution is 0.0934. The maximum atomic E-state index is 12.6. The van der Waals surface area contributed by atoms with Crippen LogP contribution < -0.4 is 10.2 Å². The SMILES string of the molecule is CCN(Cc1ccc(C(=O)NCC(C)N2CCN(c3ccccc3)CC2)cc1)C(C)C. The zero-order valence-corrected chi connectivity index (χ0v) is 19.6. The van der Waals surface area contributed by atoms with Gasteiger partial charge in [-0.1, -0.05) is 37.3 Å². The maximum absolute atomic E-state index is 12.6. The summed E-state index contributed by atoms with van der Waals surface area (Å²) in [6.45, 7) is 15.5. The molecule has 0 saturated carbocycles. The number of hydrogen-bond donors (Lipinski definition) is 1. The van der Waals surface area contributed by atoms with E-state index in [0.29, 0.717) is 18.6 Å². The molecule has 0 spiro atoms. The Morgan fingerprint density at radius 2 is 1.61 bits per heavy atom. The number of piperazine rings is 1. The zero-order valence-electron chi connectivity index (χ0n) is 19.6. The van der Waals surface area contributed by atoms with E-state index in [1.165, 1.54) is 11.3 Å². The summed E-state index contributed by atoms with van der Waals surface area (Å²) >= 11 is 0. The van der Waals surface area contributed by atoms with E-state index in [9.17, 15) is 4.79 Å². The molecule has 168 valence electrons. The molecule has 3 rings (SSSR count). The Morgan fingerprint density at radius 1 is 0.968 bits per heavy atom. The number of nitrogens with one attached hydrogen (secondary N) is 1. The largest absolute Gasteiger partial charge is 0.369 e. The van der Waals surface area contributed by atoms with Crippen molar-refractivity contribution in [3.63, 3.8) is 0 Å². The third kappa shape index (κ3) is 6.55. The van der Waals surface area contributed by atoms with Crippen molar-refractivity contribution in [3.05, 3.63) is 65.7 Å². The summed E-state index contributed by atoms with van der Waals surface area (Å²) in [6.07, 6.45) is 0. The van der Waals surface area contributed by atoms with E-state index in [4.69, 9.17) is 0 Å². The quantitative estimate of drug-likeness (QED) is 0.666. The van der Waals surface area contributed by atoms with Crippen molar-refractivity contribution in [1.82, 2.24) is 15.1 Å². The van der Waals surface area contributed by atoms with Gasteiger partial charge in [-0.05, 0) is 57.1 Å². The van der Waals surface area contributed by atoms with Crippen molar-refractivity contribution in [1.29, 1.82) is 0 Å². The number of amides is 1. The molecule has 0 radical (unpaired) electrons. The molecule has 31 heavy (non-hydrogen) atoms. The average Bonchev–Trinajstić information content (AvgIpc) is 2.81. The fourth-order valence-corrected chi connectivity index (χ4v) is 4.19. The molecule has 5 nitrogen and oxygen atoms in total. The average molecular weight is 423 g/mol. The van der Waals surface area contributed by atoms with Gasteiger partial charge in [-0.15, -0.1) is 0 Å². The van der Waals surface area contributed by atoms with Crippen molar-refractivity contribution >= 4 is 11.6 Å². The van der Waals surface area contributed by atoms with Gasteiger partial charge in [0.15, 0.2) is 0 Å². The van der Waals surface area contributed by atoms with Gasteiger partial charge in [0.25, 0.3) is 5.91 Å². The van der Waals surface area contributed by atoms with Gasteiger partial charge in [-0.3, -0.25) is 14.6 Å². The minimum absolute atomic E-state index is 0.0116. The summed E-state index contributed by atoms with van der Waals surface area (Å²) in [5, 5.41) is 3.12. The molecule has 0 bridgehead atoms. The summed E-state index contributed by atoms with van der Waals surface area (Å²) in [5.74, 6) is 0.0116. The molecule has 1 aliphatic heterocycles. The highest BCUT2D eigenvalue weighted by Crippen LogP contribution is 2.16. The Kier molecular flexibility index (Phi) is 8.50. The third-order valence-electron chi connectivity index (χ3n) is 6.36. The van der Waals surface area contributed by atoms with Crippen molar-refractivity contribution < 1.29 is 4.79 Å². The molecule has 0 aromatic heterocycles. The fraction of sp³-hybridized carbons (Fsp3) is 0.500. The van der Waals surface area contributed by atoms with Crippen LogP contribution in [-0.4, -0.2) is 67.1 Å². The predicted octanol–water partition coefficient (Wildman–Crippen LogP) is 3.86. The smallest absolute Gasteiger partial charge is 0.251 e. The van der Waals surface area contributed by atoms with Gasteiger partial charge < -0.3 is 10.2 Å². The van der Waals surface area contributed by atoms with Crippen molar-refractivity contribution in [2.24, 2.45) is 0 Å². The second-order valence-corrected chi connectivity index (χ2v) is 8.77. The molecular weight excluding hydrogens is 384 g/mol. The van der Waals surface area contributed by atoms with Gasteiger partial charge in [0.1, 0.15) is 0 Å². The molecule has 5 heteroatoms. The number of benzene rings is 2. The summed E-state index contributed by atoms with van der Waals surface area (Å²) < 4.78 is 0. The van der Waals surface area contributed by atoms with Crippen molar-refractivity contribution in [3.8, 4) is 0 Å². The van der Waals surface area contributed by atoms with Crippen LogP contribution in [0.5, 0.6) is 0 Å². The van der Waals surface area contributed by atoms with Crippen LogP contribution in [0, 0.1) is 0 Å². The van der Waals surface area contributed by atoms with E-state index < -0.39 is 0 Å². The van der Waals surface area contributed by atoms with Crippen LogP contribution in [0.3, 0.4) is 0 Å². The van der Waals surface area contributed by atoms with E-state index in [1.54, 1.807) is 0 Å². The van der Waals surface area contributed by atoms with E-state index >= 15 is 0 Å². The number of hydrogen-bond acceptors (Lipinski definition) is 4. The number of rotatable bonds is 9. The highest BCUT2D eigenvalue weighted by atomic mass is 16.1. The molecule has 1 saturated heterocycles. The Balaban J connectivity index is 1.44. The molecule has 2 aromatic carbocycles. The Labute approximate surface area is 188 Å². The van der Waals surface area contributed by atoms with Crippen LogP contribution >= 0.6 is 0 Å². The highest BCUT2D eigenvalue weighted by Gasteiger charge is 2.21. The number of nitrogens with zero attached hydrogens (tertiary/aromatic N) is 3. The normalized spacial score (nSPS) is 16.0. The number of carbonyl (C=O) groups is 1. The first kappa shape index (κ1) is 23.3. The highest BCUT2D eigenvalue weighted by molar-refractivity contribution is 5.94. The first-order valence-electron chi connectivity index (χ1n) is 11.6. The lowest BCUT2D eigenvalue weighted by Gasteiger charge is -2.39. The monoisotopic (exact) mass is 422 g/mol. The molecule has 1 atom stereocenters. The minimum Gasteiger partial charge on any atom is -0.369 e. The third-order valence-corrected chi connectivity index (χ3v) is 6.36. The molecule has 1 aliphatic rings. The summed E-state index contributed by atoms with van der Waals surface area (Å²) in [5.41, 5.74) is 3.27. The summed E-state index contributed by atoms with van der Waals surface area (Å²) in [4.78, 5) is 19.9. The van der Waals surface area contributed by atoms with Crippen LogP contribution in [0.4, 0.5) is 5.69 Å². The summed E-state index contributed by atoms with van der Waals surface area (Å²) in [7, 11) is 0. The van der Waals surface area contributed by atoms with E-state index in [2.05, 4.69) is 90.2 Å². The zero-order chi connectivity index (χ0) is 22.2. The molecule has 0 aliphatic carbocycles. The van der Waals surface area contributed by atoms with Gasteiger partial charge in [0.2, 0.25) is 0 Å². The van der Waals surface area contributed by atoms with Gasteiger partial charge in [0.05, 0.1) is 0 Å². The molecule has 1 unspecified atom stereocenters. The second kappa shape index (κ2) is 11.3. The van der Waals surface area contributed by atoms with Gasteiger partial charge in [-0.2, -0.15) is 0 Å². The number of carbonyl (C=O) groups excluding carboxylic acids is 1. The standard InChI is InChI=1S/C26H38N4O/c1-5-28(21(2)3)20-23-11-13-24(14-12-23)26(31)27-19-22(4)29-15-17-30(18-16-29)25-9-7-6-8-10-25/h6-14,21-22H,5,15-20H2,1-4H3,(H,27,31). The van der Waals surface area contributed by atoms with Crippen LogP contribution in [-0.2, 0) is 6.54 Å². The molecule has 2 aromatic rings. The van der Waals surface area contributed by atoms with Gasteiger partial charge >= 0.3 is 0 Å². The Hall–Kier alpha value is -2.37. The molecule has 1 N–H and O–H groups in total. The topological polar surface area (TPSA) is 38.8 Å². The Bertz CT molecular complexity index is 798. The van der Waals surface area contributed by atoms with Crippen molar-refractivity contribution in [2.45, 2.75) is 46.3 Å². The van der Waals surface area contributed by atoms with E-state index in [-0.39, 0.29) is 5.91 Å². The van der Waals surface area contributed by atoms with Crippen molar-refractivity contribution in [2.75, 3.05) is 44.2 Å².